The van der Waals surface area contributed by atoms with E-state index in [-0.39, 0.29) is 18.9 Å². The summed E-state index contributed by atoms with van der Waals surface area (Å²) in [7, 11) is 0. The molecule has 0 radical (unpaired) electrons. The third-order valence-electron chi connectivity index (χ3n) is 17.3. The van der Waals surface area contributed by atoms with Crippen LogP contribution in [0.2, 0.25) is 0 Å². The number of hydrogen-bond acceptors (Lipinski definition) is 18. The van der Waals surface area contributed by atoms with Crippen LogP contribution < -0.4 is 5.32 Å². The van der Waals surface area contributed by atoms with Crippen molar-refractivity contribution in [3.05, 3.63) is 24.3 Å². The summed E-state index contributed by atoms with van der Waals surface area (Å²) in [5.41, 5.74) is 0. The van der Waals surface area contributed by atoms with Crippen LogP contribution in [0.25, 0.3) is 0 Å². The lowest BCUT2D eigenvalue weighted by Gasteiger charge is -2.48. The first-order valence-electron chi connectivity index (χ1n) is 34.1. The second kappa shape index (κ2) is 49.0. The van der Waals surface area contributed by atoms with Crippen molar-refractivity contribution in [1.29, 1.82) is 0 Å². The Morgan fingerprint density at radius 2 is 0.776 bits per heavy atom. The molecule has 0 aromatic carbocycles. The lowest BCUT2D eigenvalue weighted by Crippen LogP contribution is -2.66. The minimum Gasteiger partial charge on any atom is -0.394 e. The van der Waals surface area contributed by atoms with Crippen LogP contribution in [0.3, 0.4) is 0 Å². The lowest BCUT2D eigenvalue weighted by molar-refractivity contribution is -0.379. The number of carbonyl (C=O) groups excluding carboxylic acids is 1. The van der Waals surface area contributed by atoms with Crippen LogP contribution in [0.1, 0.15) is 258 Å². The largest absolute Gasteiger partial charge is 0.394 e. The summed E-state index contributed by atoms with van der Waals surface area (Å²) >= 11 is 0. The van der Waals surface area contributed by atoms with Gasteiger partial charge in [-0.25, -0.2) is 0 Å². The van der Waals surface area contributed by atoms with Gasteiger partial charge in [-0.2, -0.15) is 0 Å². The Kier molecular flexibility index (Phi) is 44.7. The van der Waals surface area contributed by atoms with Gasteiger partial charge in [-0.1, -0.05) is 231 Å². The molecule has 3 saturated heterocycles. The number of rotatable bonds is 52. The van der Waals surface area contributed by atoms with Gasteiger partial charge in [-0.3, -0.25) is 4.79 Å². The average Bonchev–Trinajstić information content (AvgIpc) is 3.10. The Balaban J connectivity index is 1.45. The number of unbranched alkanes of at least 4 members (excludes halogenated alkanes) is 32. The minimum absolute atomic E-state index is 0.245. The highest BCUT2D eigenvalue weighted by molar-refractivity contribution is 5.76. The van der Waals surface area contributed by atoms with E-state index < -0.39 is 124 Å². The third kappa shape index (κ3) is 31.7. The number of amides is 1. The predicted octanol–water partition coefficient (Wildman–Crippen LogP) is 8.27. The molecule has 0 aromatic rings. The fourth-order valence-corrected chi connectivity index (χ4v) is 11.7. The summed E-state index contributed by atoms with van der Waals surface area (Å²) in [5, 5.41) is 121. The van der Waals surface area contributed by atoms with Gasteiger partial charge in [0.2, 0.25) is 5.91 Å². The Hall–Kier alpha value is -1.73. The predicted molar refractivity (Wildman–Crippen MR) is 328 cm³/mol. The molecule has 12 N–H and O–H groups in total. The van der Waals surface area contributed by atoms with Gasteiger partial charge in [0.25, 0.3) is 0 Å². The Labute approximate surface area is 511 Å². The highest BCUT2D eigenvalue weighted by Crippen LogP contribution is 2.33. The maximum absolute atomic E-state index is 13.4. The van der Waals surface area contributed by atoms with E-state index in [4.69, 9.17) is 28.4 Å². The van der Waals surface area contributed by atoms with Gasteiger partial charge < -0.3 is 89.9 Å². The van der Waals surface area contributed by atoms with Gasteiger partial charge in [0.1, 0.15) is 73.2 Å². The molecule has 19 nitrogen and oxygen atoms in total. The SMILES string of the molecule is CCCCC/C=C\C/C=C\CCCCCCCCCCCC(=O)NC(COC1OC(CO)C(OC2OC(CO)C(OC3OC(CO)C(O)C(O)C3O)C(O)C2O)C(O)C1O)C(O)CCCCCCCCCCCCCCCCCCCCCCC. The van der Waals surface area contributed by atoms with E-state index in [1.807, 2.05) is 0 Å². The van der Waals surface area contributed by atoms with Crippen LogP contribution in [0.15, 0.2) is 24.3 Å². The standard InChI is InChI=1S/C66H123NO18/c1-3-5-7-9-11-13-15-17-19-21-23-24-26-27-29-31-33-35-37-39-41-43-50(71)49(67-54(72)44-42-40-38-36-34-32-30-28-25-22-20-18-16-14-12-10-8-6-4-2)48-80-64-60(78)57(75)62(52(46-69)82-64)85-66-61(79)58(76)63(53(47-70)83-66)84-65-59(77)56(74)55(73)51(45-68)81-65/h12,14,18,20,49-53,55-66,68-71,73-79H,3-11,13,15-17,19,21-48H2,1-2H3,(H,67,72)/b14-12-,20-18-. The summed E-state index contributed by atoms with van der Waals surface area (Å²) in [5.74, 6) is -0.245. The van der Waals surface area contributed by atoms with Crippen molar-refractivity contribution < 1.29 is 89.4 Å². The number of hydrogen-bond donors (Lipinski definition) is 12. The van der Waals surface area contributed by atoms with Gasteiger partial charge in [-0.05, 0) is 44.9 Å². The summed E-state index contributed by atoms with van der Waals surface area (Å²) in [6.45, 7) is 1.79. The first-order chi connectivity index (χ1) is 41.3. The maximum Gasteiger partial charge on any atom is 0.220 e. The monoisotopic (exact) mass is 1220 g/mol. The molecular formula is C66H123NO18. The quantitative estimate of drug-likeness (QED) is 0.0201. The molecule has 17 unspecified atom stereocenters. The van der Waals surface area contributed by atoms with Crippen LogP contribution in [0.5, 0.6) is 0 Å². The molecule has 17 atom stereocenters. The number of nitrogens with one attached hydrogen (secondary N) is 1. The van der Waals surface area contributed by atoms with Gasteiger partial charge in [0, 0.05) is 6.42 Å². The lowest BCUT2D eigenvalue weighted by atomic mass is 9.96. The molecule has 85 heavy (non-hydrogen) atoms. The molecule has 0 saturated carbocycles. The Morgan fingerprint density at radius 1 is 0.424 bits per heavy atom. The van der Waals surface area contributed by atoms with Crippen LogP contribution in [-0.2, 0) is 33.2 Å². The van der Waals surface area contributed by atoms with Crippen molar-refractivity contribution in [2.45, 2.75) is 362 Å². The van der Waals surface area contributed by atoms with Crippen molar-refractivity contribution in [2.75, 3.05) is 26.4 Å². The fraction of sp³-hybridized carbons (Fsp3) is 0.924. The second-order valence-electron chi connectivity index (χ2n) is 24.6. The van der Waals surface area contributed by atoms with Crippen LogP contribution >= 0.6 is 0 Å². The number of aliphatic hydroxyl groups excluding tert-OH is 11. The Bertz CT molecular complexity index is 1640. The molecular weight excluding hydrogens is 1090 g/mol. The molecule has 1 amide bonds. The molecule has 3 aliphatic rings. The number of ether oxygens (including phenoxy) is 6. The molecule has 0 aliphatic carbocycles. The smallest absolute Gasteiger partial charge is 0.220 e. The fourth-order valence-electron chi connectivity index (χ4n) is 11.7. The summed E-state index contributed by atoms with van der Waals surface area (Å²) < 4.78 is 34.4. The van der Waals surface area contributed by atoms with Crippen molar-refractivity contribution in [3.63, 3.8) is 0 Å². The number of carbonyl (C=O) groups is 1. The highest BCUT2D eigenvalue weighted by atomic mass is 16.8. The maximum atomic E-state index is 13.4. The first kappa shape index (κ1) is 77.5. The minimum atomic E-state index is -1.97. The molecule has 3 heterocycles. The van der Waals surface area contributed by atoms with Gasteiger partial charge in [0.05, 0.1) is 38.6 Å². The topological polar surface area (TPSA) is 307 Å². The zero-order chi connectivity index (χ0) is 61.9. The van der Waals surface area contributed by atoms with Crippen molar-refractivity contribution in [2.24, 2.45) is 0 Å². The molecule has 3 fully saturated rings. The van der Waals surface area contributed by atoms with Gasteiger partial charge in [0.15, 0.2) is 18.9 Å². The molecule has 0 bridgehead atoms. The van der Waals surface area contributed by atoms with E-state index in [0.29, 0.717) is 12.8 Å². The van der Waals surface area contributed by atoms with Gasteiger partial charge >= 0.3 is 0 Å². The van der Waals surface area contributed by atoms with Crippen LogP contribution in [0.4, 0.5) is 0 Å². The van der Waals surface area contributed by atoms with E-state index in [0.717, 1.165) is 57.8 Å². The highest BCUT2D eigenvalue weighted by Gasteiger charge is 2.53. The van der Waals surface area contributed by atoms with Crippen molar-refractivity contribution in [3.8, 4) is 0 Å². The normalized spacial score (nSPS) is 29.1. The average molecular weight is 1220 g/mol. The van der Waals surface area contributed by atoms with Crippen molar-refractivity contribution in [1.82, 2.24) is 5.32 Å². The molecule has 3 rings (SSSR count). The molecule has 19 heteroatoms. The van der Waals surface area contributed by atoms with E-state index >= 15 is 0 Å². The summed E-state index contributed by atoms with van der Waals surface area (Å²) in [6, 6.07) is -0.888. The van der Waals surface area contributed by atoms with Crippen LogP contribution in [0, 0.1) is 0 Å². The zero-order valence-corrected chi connectivity index (χ0v) is 52.6. The summed E-state index contributed by atoms with van der Waals surface area (Å²) in [4.78, 5) is 13.4. The van der Waals surface area contributed by atoms with Gasteiger partial charge in [-0.15, -0.1) is 0 Å². The molecule has 500 valence electrons. The number of allylic oxidation sites excluding steroid dienone is 4. The zero-order valence-electron chi connectivity index (χ0n) is 52.6. The van der Waals surface area contributed by atoms with E-state index in [9.17, 15) is 61.0 Å². The van der Waals surface area contributed by atoms with Crippen LogP contribution in [-0.4, -0.2) is 193 Å². The molecule has 0 spiro atoms. The summed E-state index contributed by atoms with van der Waals surface area (Å²) in [6.07, 6.45) is 26.7. The molecule has 0 aromatic heterocycles. The first-order valence-corrected chi connectivity index (χ1v) is 34.1. The third-order valence-corrected chi connectivity index (χ3v) is 17.3. The molecule has 3 aliphatic heterocycles. The van der Waals surface area contributed by atoms with E-state index in [1.165, 1.54) is 167 Å². The van der Waals surface area contributed by atoms with Crippen molar-refractivity contribution >= 4 is 5.91 Å². The Morgan fingerprint density at radius 3 is 1.22 bits per heavy atom. The second-order valence-corrected chi connectivity index (χ2v) is 24.6. The van der Waals surface area contributed by atoms with E-state index in [2.05, 4.69) is 43.5 Å². The number of aliphatic hydroxyl groups is 11. The van der Waals surface area contributed by atoms with E-state index in [1.54, 1.807) is 0 Å².